The zero-order valence-corrected chi connectivity index (χ0v) is 15.1. The van der Waals surface area contributed by atoms with E-state index in [1.807, 2.05) is 16.7 Å². The largest absolute Gasteiger partial charge is 0.346 e. The highest BCUT2D eigenvalue weighted by Gasteiger charge is 2.15. The van der Waals surface area contributed by atoms with E-state index in [0.29, 0.717) is 30.5 Å². The number of aromatic nitrogens is 2. The van der Waals surface area contributed by atoms with Crippen LogP contribution < -0.4 is 16.2 Å². The van der Waals surface area contributed by atoms with Gasteiger partial charge >= 0.3 is 0 Å². The molecule has 3 aromatic rings. The Morgan fingerprint density at radius 2 is 1.82 bits per heavy atom. The highest BCUT2D eigenvalue weighted by molar-refractivity contribution is 6.05. The van der Waals surface area contributed by atoms with Crippen LogP contribution in [0.4, 0.5) is 5.69 Å². The number of hydrogen-bond acceptors (Lipinski definition) is 5. The molecule has 0 atom stereocenters. The summed E-state index contributed by atoms with van der Waals surface area (Å²) >= 11 is 0. The maximum absolute atomic E-state index is 12.8. The Kier molecular flexibility index (Phi) is 6.13. The lowest BCUT2D eigenvalue weighted by Gasteiger charge is -2.13. The Balaban J connectivity index is 1.88. The van der Waals surface area contributed by atoms with Crippen LogP contribution in [-0.2, 0) is 11.3 Å². The first-order valence-electron chi connectivity index (χ1n) is 8.86. The van der Waals surface area contributed by atoms with Gasteiger partial charge in [-0.2, -0.15) is 0 Å². The van der Waals surface area contributed by atoms with Gasteiger partial charge in [0.1, 0.15) is 5.56 Å². The summed E-state index contributed by atoms with van der Waals surface area (Å²) in [4.78, 5) is 40.5. The standard InChI is InChI=1S/C20H20N4O4/c25-18(23-28)7-3-4-12-24-13-16(19(26)15-5-1-2-6-17(15)24)20(27)22-14-8-10-21-11-9-14/h1-2,5-6,8-11,13,28H,3-4,7,12H2,(H,23,25)(H,21,22,27). The van der Waals surface area contributed by atoms with Gasteiger partial charge in [-0.25, -0.2) is 5.48 Å². The van der Waals surface area contributed by atoms with Gasteiger partial charge in [-0.05, 0) is 37.1 Å². The summed E-state index contributed by atoms with van der Waals surface area (Å²) in [6, 6.07) is 10.4. The molecule has 0 fully saturated rings. The van der Waals surface area contributed by atoms with Crippen LogP contribution in [0.5, 0.6) is 0 Å². The molecule has 2 amide bonds. The van der Waals surface area contributed by atoms with Crippen molar-refractivity contribution in [2.24, 2.45) is 0 Å². The van der Waals surface area contributed by atoms with Crippen LogP contribution >= 0.6 is 0 Å². The first-order valence-corrected chi connectivity index (χ1v) is 8.86. The zero-order chi connectivity index (χ0) is 19.9. The molecule has 0 aliphatic rings. The average Bonchev–Trinajstić information content (AvgIpc) is 2.73. The van der Waals surface area contributed by atoms with Crippen molar-refractivity contribution in [3.8, 4) is 0 Å². The van der Waals surface area contributed by atoms with Crippen LogP contribution in [-0.4, -0.2) is 26.6 Å². The number of pyridine rings is 2. The average molecular weight is 380 g/mol. The molecule has 2 aromatic heterocycles. The fourth-order valence-electron chi connectivity index (χ4n) is 2.95. The van der Waals surface area contributed by atoms with Crippen LogP contribution in [0.3, 0.4) is 0 Å². The molecule has 0 unspecified atom stereocenters. The third-order valence-electron chi connectivity index (χ3n) is 4.35. The second-order valence-electron chi connectivity index (χ2n) is 6.26. The number of para-hydroxylation sites is 1. The van der Waals surface area contributed by atoms with E-state index in [1.54, 1.807) is 48.3 Å². The predicted molar refractivity (Wildman–Crippen MR) is 104 cm³/mol. The molecule has 3 N–H and O–H groups in total. The highest BCUT2D eigenvalue weighted by Crippen LogP contribution is 2.14. The lowest BCUT2D eigenvalue weighted by Crippen LogP contribution is -2.24. The molecule has 0 saturated carbocycles. The third-order valence-corrected chi connectivity index (χ3v) is 4.35. The molecule has 8 heteroatoms. The molecular weight excluding hydrogens is 360 g/mol. The smallest absolute Gasteiger partial charge is 0.261 e. The number of anilines is 1. The first-order chi connectivity index (χ1) is 13.6. The minimum atomic E-state index is -0.490. The number of unbranched alkanes of at least 4 members (excludes halogenated alkanes) is 1. The number of amides is 2. The van der Waals surface area contributed by atoms with Gasteiger partial charge in [-0.15, -0.1) is 0 Å². The molecule has 144 valence electrons. The summed E-state index contributed by atoms with van der Waals surface area (Å²) in [6.45, 7) is 0.523. The quantitative estimate of drug-likeness (QED) is 0.331. The van der Waals surface area contributed by atoms with Gasteiger partial charge in [0.2, 0.25) is 11.3 Å². The second-order valence-corrected chi connectivity index (χ2v) is 6.26. The first kappa shape index (κ1) is 19.2. The van der Waals surface area contributed by atoms with Crippen molar-refractivity contribution in [3.63, 3.8) is 0 Å². The number of hydroxylamine groups is 1. The van der Waals surface area contributed by atoms with Crippen molar-refractivity contribution in [3.05, 3.63) is 70.8 Å². The highest BCUT2D eigenvalue weighted by atomic mass is 16.5. The van der Waals surface area contributed by atoms with Crippen LogP contribution in [0, 0.1) is 0 Å². The Labute approximate surface area is 160 Å². The lowest BCUT2D eigenvalue weighted by molar-refractivity contribution is -0.129. The van der Waals surface area contributed by atoms with Crippen molar-refractivity contribution in [1.29, 1.82) is 0 Å². The van der Waals surface area contributed by atoms with Crippen molar-refractivity contribution in [1.82, 2.24) is 15.0 Å². The molecular formula is C20H20N4O4. The molecule has 28 heavy (non-hydrogen) atoms. The monoisotopic (exact) mass is 380 g/mol. The van der Waals surface area contributed by atoms with E-state index >= 15 is 0 Å². The molecule has 0 aliphatic carbocycles. The van der Waals surface area contributed by atoms with Crippen molar-refractivity contribution < 1.29 is 14.8 Å². The van der Waals surface area contributed by atoms with Gasteiger partial charge in [-0.3, -0.25) is 24.6 Å². The normalized spacial score (nSPS) is 10.6. The van der Waals surface area contributed by atoms with Crippen molar-refractivity contribution >= 4 is 28.4 Å². The van der Waals surface area contributed by atoms with Crippen LogP contribution in [0.2, 0.25) is 0 Å². The third kappa shape index (κ3) is 4.41. The van der Waals surface area contributed by atoms with E-state index in [-0.39, 0.29) is 17.4 Å². The van der Waals surface area contributed by atoms with Gasteiger partial charge in [0.05, 0.1) is 5.52 Å². The topological polar surface area (TPSA) is 113 Å². The van der Waals surface area contributed by atoms with E-state index in [9.17, 15) is 14.4 Å². The zero-order valence-electron chi connectivity index (χ0n) is 15.1. The number of carbonyl (C=O) groups excluding carboxylic acids is 2. The molecule has 0 saturated heterocycles. The number of nitrogens with one attached hydrogen (secondary N) is 2. The van der Waals surface area contributed by atoms with Gasteiger partial charge in [0, 0.05) is 42.6 Å². The summed E-state index contributed by atoms with van der Waals surface area (Å²) in [5.41, 5.74) is 2.59. The van der Waals surface area contributed by atoms with Gasteiger partial charge in [-0.1, -0.05) is 12.1 Å². The fourth-order valence-corrected chi connectivity index (χ4v) is 2.95. The van der Waals surface area contributed by atoms with Crippen molar-refractivity contribution in [2.75, 3.05) is 5.32 Å². The van der Waals surface area contributed by atoms with Gasteiger partial charge in [0.25, 0.3) is 5.91 Å². The van der Waals surface area contributed by atoms with E-state index in [4.69, 9.17) is 5.21 Å². The van der Waals surface area contributed by atoms with Crippen LogP contribution in [0.1, 0.15) is 29.6 Å². The Hall–Kier alpha value is -3.52. The Morgan fingerprint density at radius 1 is 1.07 bits per heavy atom. The number of benzene rings is 1. The summed E-state index contributed by atoms with van der Waals surface area (Å²) in [7, 11) is 0. The minimum absolute atomic E-state index is 0.0450. The number of rotatable bonds is 7. The van der Waals surface area contributed by atoms with Crippen molar-refractivity contribution in [2.45, 2.75) is 25.8 Å². The Morgan fingerprint density at radius 3 is 2.57 bits per heavy atom. The Bertz CT molecular complexity index is 1050. The number of carbonyl (C=O) groups is 2. The maximum atomic E-state index is 12.8. The van der Waals surface area contributed by atoms with Gasteiger partial charge in [0.15, 0.2) is 0 Å². The molecule has 0 bridgehead atoms. The summed E-state index contributed by atoms with van der Waals surface area (Å²) in [5, 5.41) is 11.7. The van der Waals surface area contributed by atoms with E-state index in [0.717, 1.165) is 5.52 Å². The molecule has 0 aliphatic heterocycles. The van der Waals surface area contributed by atoms with Crippen LogP contribution in [0.25, 0.3) is 10.9 Å². The van der Waals surface area contributed by atoms with Gasteiger partial charge < -0.3 is 9.88 Å². The number of fused-ring (bicyclic) bond motifs is 1. The lowest BCUT2D eigenvalue weighted by atomic mass is 10.1. The van der Waals surface area contributed by atoms with E-state index in [1.165, 1.54) is 0 Å². The number of hydrogen-bond donors (Lipinski definition) is 3. The maximum Gasteiger partial charge on any atom is 0.261 e. The summed E-state index contributed by atoms with van der Waals surface area (Å²) in [6.07, 6.45) is 6.06. The fraction of sp³-hybridized carbons (Fsp3) is 0.200. The molecule has 0 radical (unpaired) electrons. The predicted octanol–water partition coefficient (Wildman–Crippen LogP) is 2.32. The molecule has 2 heterocycles. The molecule has 3 rings (SSSR count). The summed E-state index contributed by atoms with van der Waals surface area (Å²) < 4.78 is 1.84. The second kappa shape index (κ2) is 8.92. The SMILES string of the molecule is O=C(CCCCn1cc(C(=O)Nc2ccncc2)c(=O)c2ccccc21)NO. The molecule has 1 aromatic carbocycles. The number of nitrogens with zero attached hydrogens (tertiary/aromatic N) is 2. The summed E-state index contributed by atoms with van der Waals surface area (Å²) in [5.74, 6) is -0.933. The van der Waals surface area contributed by atoms with Crippen LogP contribution in [0.15, 0.2) is 59.8 Å². The number of aryl methyl sites for hydroxylation is 1. The van der Waals surface area contributed by atoms with E-state index < -0.39 is 11.8 Å². The minimum Gasteiger partial charge on any atom is -0.346 e. The molecule has 0 spiro atoms. The van der Waals surface area contributed by atoms with E-state index in [2.05, 4.69) is 10.3 Å². The molecule has 8 nitrogen and oxygen atoms in total.